The summed E-state index contributed by atoms with van der Waals surface area (Å²) in [5.74, 6) is -0.768. The zero-order chi connectivity index (χ0) is 23.2. The van der Waals surface area contributed by atoms with Gasteiger partial charge in [0.05, 0.1) is 6.54 Å². The Labute approximate surface area is 191 Å². The Morgan fingerprint density at radius 1 is 0.879 bits per heavy atom. The largest absolute Gasteiger partial charge is 0.360 e. The van der Waals surface area contributed by atoms with E-state index in [1.165, 1.54) is 0 Å². The normalized spacial score (nSPS) is 18.1. The highest BCUT2D eigenvalue weighted by atomic mass is 16.2. The molecule has 6 nitrogen and oxygen atoms in total. The summed E-state index contributed by atoms with van der Waals surface area (Å²) < 4.78 is 0. The number of nitrogens with one attached hydrogen (secondary N) is 2. The first-order valence-electron chi connectivity index (χ1n) is 10.8. The van der Waals surface area contributed by atoms with Crippen molar-refractivity contribution in [2.75, 3.05) is 6.54 Å². The summed E-state index contributed by atoms with van der Waals surface area (Å²) in [6, 6.07) is 21.7. The third kappa shape index (κ3) is 3.22. The first-order chi connectivity index (χ1) is 15.9. The highest BCUT2D eigenvalue weighted by Gasteiger charge is 2.54. The minimum Gasteiger partial charge on any atom is -0.360 e. The van der Waals surface area contributed by atoms with Gasteiger partial charge in [-0.05, 0) is 42.2 Å². The molecule has 6 heteroatoms. The van der Waals surface area contributed by atoms with Crippen molar-refractivity contribution in [2.24, 2.45) is 0 Å². The topological polar surface area (TPSA) is 82.3 Å². The van der Waals surface area contributed by atoms with E-state index in [1.54, 1.807) is 6.20 Å². The van der Waals surface area contributed by atoms with E-state index in [-0.39, 0.29) is 12.3 Å². The van der Waals surface area contributed by atoms with Gasteiger partial charge in [0.25, 0.3) is 5.91 Å². The van der Waals surface area contributed by atoms with Crippen LogP contribution in [0.4, 0.5) is 4.79 Å². The molecule has 1 aliphatic rings. The molecule has 0 radical (unpaired) electrons. The third-order valence-corrected chi connectivity index (χ3v) is 6.44. The summed E-state index contributed by atoms with van der Waals surface area (Å²) in [6.07, 6.45) is 1.62. The molecule has 1 saturated heterocycles. The van der Waals surface area contributed by atoms with Gasteiger partial charge in [0.15, 0.2) is 11.3 Å². The number of aromatic nitrogens is 1. The molecule has 0 unspecified atom stereocenters. The van der Waals surface area contributed by atoms with E-state index in [4.69, 9.17) is 0 Å². The van der Waals surface area contributed by atoms with E-state index in [9.17, 15) is 14.4 Å². The van der Waals surface area contributed by atoms with Crippen LogP contribution in [0, 0.1) is 13.8 Å². The zero-order valence-corrected chi connectivity index (χ0v) is 18.4. The van der Waals surface area contributed by atoms with Crippen LogP contribution >= 0.6 is 0 Å². The number of Topliss-reactive ketones (excluding diaryl/α,β-unsaturated/α-hetero) is 1. The molecule has 0 bridgehead atoms. The van der Waals surface area contributed by atoms with Crippen LogP contribution in [0.2, 0.25) is 0 Å². The maximum atomic E-state index is 13.9. The second kappa shape index (κ2) is 7.74. The number of nitrogens with zero attached hydrogens (tertiary/aromatic N) is 1. The van der Waals surface area contributed by atoms with E-state index in [1.807, 2.05) is 86.6 Å². The van der Waals surface area contributed by atoms with Crippen LogP contribution in [0.5, 0.6) is 0 Å². The van der Waals surface area contributed by atoms with Gasteiger partial charge < -0.3 is 10.3 Å². The smallest absolute Gasteiger partial charge is 0.325 e. The predicted octanol–water partition coefficient (Wildman–Crippen LogP) is 4.46. The first kappa shape index (κ1) is 20.7. The summed E-state index contributed by atoms with van der Waals surface area (Å²) in [5, 5.41) is 3.67. The number of amides is 3. The lowest BCUT2D eigenvalue weighted by atomic mass is 9.81. The molecule has 2 heterocycles. The average molecular weight is 437 g/mol. The van der Waals surface area contributed by atoms with Crippen LogP contribution in [0.1, 0.15) is 32.6 Å². The molecule has 4 aromatic rings. The Kier molecular flexibility index (Phi) is 4.86. The summed E-state index contributed by atoms with van der Waals surface area (Å²) in [6.45, 7) is 3.62. The van der Waals surface area contributed by atoms with Crippen molar-refractivity contribution in [3.63, 3.8) is 0 Å². The second-order valence-electron chi connectivity index (χ2n) is 8.41. The van der Waals surface area contributed by atoms with Crippen molar-refractivity contribution in [2.45, 2.75) is 19.4 Å². The zero-order valence-electron chi connectivity index (χ0n) is 18.4. The lowest BCUT2D eigenvalue weighted by Crippen LogP contribution is -2.45. The number of hydrogen-bond donors (Lipinski definition) is 2. The fourth-order valence-corrected chi connectivity index (χ4v) is 4.47. The molecule has 164 valence electrons. The van der Waals surface area contributed by atoms with E-state index in [0.717, 1.165) is 26.9 Å². The Bertz CT molecular complexity index is 1410. The summed E-state index contributed by atoms with van der Waals surface area (Å²) >= 11 is 0. The number of benzene rings is 3. The van der Waals surface area contributed by atoms with Crippen LogP contribution in [-0.4, -0.2) is 34.2 Å². The van der Waals surface area contributed by atoms with E-state index < -0.39 is 17.5 Å². The van der Waals surface area contributed by atoms with Gasteiger partial charge in [-0.2, -0.15) is 0 Å². The van der Waals surface area contributed by atoms with Gasteiger partial charge in [-0.25, -0.2) is 4.79 Å². The second-order valence-corrected chi connectivity index (χ2v) is 8.41. The fourth-order valence-electron chi connectivity index (χ4n) is 4.47. The van der Waals surface area contributed by atoms with Crippen molar-refractivity contribution in [3.05, 3.63) is 107 Å². The average Bonchev–Trinajstić information content (AvgIpc) is 3.37. The summed E-state index contributed by atoms with van der Waals surface area (Å²) in [4.78, 5) is 44.2. The third-order valence-electron chi connectivity index (χ3n) is 6.44. The molecule has 1 aliphatic heterocycles. The number of carbonyl (C=O) groups excluding carboxylic acids is 3. The number of aromatic amines is 1. The molecule has 1 aromatic heterocycles. The lowest BCUT2D eigenvalue weighted by Gasteiger charge is -2.28. The molecule has 1 fully saturated rings. The van der Waals surface area contributed by atoms with Crippen LogP contribution in [-0.2, 0) is 10.3 Å². The first-order valence-corrected chi connectivity index (χ1v) is 10.8. The standard InChI is InChI=1S/C27H23N3O3/c1-17-12-13-20(14-18(17)2)27(19-8-4-3-5-9-19)25(32)30(26(33)29-27)16-24(31)22-15-28-23-11-7-6-10-21(22)23/h3-15,28H,16H2,1-2H3,(H,29,33)/t27-/m0/s1. The Balaban J connectivity index is 1.56. The van der Waals surface area contributed by atoms with Crippen LogP contribution in [0.15, 0.2) is 79.0 Å². The molecule has 3 amide bonds. The highest BCUT2D eigenvalue weighted by molar-refractivity contribution is 6.15. The number of para-hydroxylation sites is 1. The molecule has 5 rings (SSSR count). The number of imide groups is 1. The number of rotatable bonds is 5. The summed E-state index contributed by atoms with van der Waals surface area (Å²) in [7, 11) is 0. The van der Waals surface area contributed by atoms with Crippen molar-refractivity contribution >= 4 is 28.6 Å². The van der Waals surface area contributed by atoms with E-state index in [0.29, 0.717) is 16.7 Å². The SMILES string of the molecule is Cc1ccc([C@]2(c3ccccc3)NC(=O)N(CC(=O)c3c[nH]c4ccccc34)C2=O)cc1C. The van der Waals surface area contributed by atoms with E-state index in [2.05, 4.69) is 10.3 Å². The quantitative estimate of drug-likeness (QED) is 0.357. The molecule has 33 heavy (non-hydrogen) atoms. The maximum absolute atomic E-state index is 13.9. The Morgan fingerprint density at radius 2 is 1.61 bits per heavy atom. The van der Waals surface area contributed by atoms with Gasteiger partial charge in [0, 0.05) is 22.7 Å². The number of aryl methyl sites for hydroxylation is 2. The minimum atomic E-state index is -1.39. The molecule has 2 N–H and O–H groups in total. The molecular formula is C27H23N3O3. The number of fused-ring (bicyclic) bond motifs is 1. The number of ketones is 1. The van der Waals surface area contributed by atoms with Gasteiger partial charge >= 0.3 is 6.03 Å². The van der Waals surface area contributed by atoms with Gasteiger partial charge in [-0.1, -0.05) is 66.7 Å². The highest BCUT2D eigenvalue weighted by Crippen LogP contribution is 2.37. The molecule has 1 atom stereocenters. The Hall–Kier alpha value is -4.19. The molecule has 0 spiro atoms. The van der Waals surface area contributed by atoms with Crippen LogP contribution in [0.25, 0.3) is 10.9 Å². The van der Waals surface area contributed by atoms with Crippen molar-refractivity contribution in [1.29, 1.82) is 0 Å². The maximum Gasteiger partial charge on any atom is 0.325 e. The molecular weight excluding hydrogens is 414 g/mol. The summed E-state index contributed by atoms with van der Waals surface area (Å²) in [5.41, 5.74) is 3.30. The minimum absolute atomic E-state index is 0.306. The van der Waals surface area contributed by atoms with E-state index >= 15 is 0 Å². The number of urea groups is 1. The van der Waals surface area contributed by atoms with Crippen molar-refractivity contribution < 1.29 is 14.4 Å². The predicted molar refractivity (Wildman–Crippen MR) is 126 cm³/mol. The monoisotopic (exact) mass is 437 g/mol. The lowest BCUT2D eigenvalue weighted by molar-refractivity contribution is -0.129. The fraction of sp³-hybridized carbons (Fsp3) is 0.148. The number of hydrogen-bond acceptors (Lipinski definition) is 3. The van der Waals surface area contributed by atoms with Gasteiger partial charge in [0.2, 0.25) is 0 Å². The number of carbonyl (C=O) groups is 3. The molecule has 0 aliphatic carbocycles. The molecule has 0 saturated carbocycles. The Morgan fingerprint density at radius 3 is 2.36 bits per heavy atom. The number of H-pyrrole nitrogens is 1. The van der Waals surface area contributed by atoms with Crippen LogP contribution in [0.3, 0.4) is 0 Å². The van der Waals surface area contributed by atoms with Gasteiger partial charge in [-0.3, -0.25) is 14.5 Å². The van der Waals surface area contributed by atoms with Gasteiger partial charge in [0.1, 0.15) is 0 Å². The van der Waals surface area contributed by atoms with Gasteiger partial charge in [-0.15, -0.1) is 0 Å². The van der Waals surface area contributed by atoms with Crippen LogP contribution < -0.4 is 5.32 Å². The van der Waals surface area contributed by atoms with Crippen molar-refractivity contribution in [3.8, 4) is 0 Å². The van der Waals surface area contributed by atoms with Crippen molar-refractivity contribution in [1.82, 2.24) is 15.2 Å². The molecule has 3 aromatic carbocycles.